The standard InChI is InChI=1S/C18H19F2N3O2S/c19-14(20)16-21-15(13(26-16)12-4-2-1-3-5-12)22-17(24)25-18-6-9-23(10-7-18)11-8-18/h1-5,14H,6-11H2,(H,22,24)/p+1. The number of aromatic nitrogens is 1. The van der Waals surface area contributed by atoms with Crippen LogP contribution in [-0.4, -0.2) is 36.3 Å². The van der Waals surface area contributed by atoms with Crippen molar-refractivity contribution in [1.82, 2.24) is 4.98 Å². The number of hydrogen-bond donors (Lipinski definition) is 2. The van der Waals surface area contributed by atoms with Crippen molar-refractivity contribution >= 4 is 23.2 Å². The molecule has 0 aliphatic carbocycles. The Morgan fingerprint density at radius 3 is 2.46 bits per heavy atom. The highest BCUT2D eigenvalue weighted by Crippen LogP contribution is 2.38. The molecule has 2 bridgehead atoms. The smallest absolute Gasteiger partial charge is 0.413 e. The van der Waals surface area contributed by atoms with Gasteiger partial charge < -0.3 is 9.64 Å². The Kier molecular flexibility index (Phi) is 4.62. The minimum Gasteiger partial charge on any atom is -0.442 e. The van der Waals surface area contributed by atoms with Gasteiger partial charge in [0.15, 0.2) is 10.8 Å². The van der Waals surface area contributed by atoms with E-state index in [1.165, 1.54) is 0 Å². The van der Waals surface area contributed by atoms with Gasteiger partial charge in [-0.25, -0.2) is 18.6 Å². The molecule has 1 amide bonds. The van der Waals surface area contributed by atoms with Gasteiger partial charge in [-0.1, -0.05) is 30.3 Å². The summed E-state index contributed by atoms with van der Waals surface area (Å²) in [5, 5.41) is 2.29. The van der Waals surface area contributed by atoms with E-state index in [0.29, 0.717) is 4.88 Å². The fraction of sp³-hybridized carbons (Fsp3) is 0.444. The summed E-state index contributed by atoms with van der Waals surface area (Å²) in [5.41, 5.74) is 0.320. The number of halogens is 2. The first-order chi connectivity index (χ1) is 12.5. The van der Waals surface area contributed by atoms with E-state index < -0.39 is 18.1 Å². The van der Waals surface area contributed by atoms with Crippen molar-refractivity contribution in [1.29, 1.82) is 0 Å². The molecule has 5 rings (SSSR count). The molecule has 0 atom stereocenters. The summed E-state index contributed by atoms with van der Waals surface area (Å²) in [6, 6.07) is 9.08. The lowest BCUT2D eigenvalue weighted by Crippen LogP contribution is -3.16. The summed E-state index contributed by atoms with van der Waals surface area (Å²) < 4.78 is 32.0. The van der Waals surface area contributed by atoms with Crippen LogP contribution in [0.15, 0.2) is 30.3 Å². The van der Waals surface area contributed by atoms with Crippen molar-refractivity contribution in [2.45, 2.75) is 31.3 Å². The van der Waals surface area contributed by atoms with Gasteiger partial charge in [0.2, 0.25) is 0 Å². The quantitative estimate of drug-likeness (QED) is 0.857. The molecule has 0 radical (unpaired) electrons. The number of piperidine rings is 3. The first kappa shape index (κ1) is 17.4. The van der Waals surface area contributed by atoms with Crippen LogP contribution in [0.4, 0.5) is 19.4 Å². The number of ether oxygens (including phenoxy) is 1. The molecular weight excluding hydrogens is 360 g/mol. The molecule has 26 heavy (non-hydrogen) atoms. The number of alkyl halides is 2. The molecule has 3 aliphatic rings. The lowest BCUT2D eigenvalue weighted by Gasteiger charge is -2.44. The number of nitrogens with zero attached hydrogens (tertiary/aromatic N) is 1. The number of fused-ring (bicyclic) bond motifs is 3. The molecule has 138 valence electrons. The predicted octanol–water partition coefficient (Wildman–Crippen LogP) is 3.12. The van der Waals surface area contributed by atoms with Crippen LogP contribution >= 0.6 is 11.3 Å². The van der Waals surface area contributed by atoms with Crippen molar-refractivity contribution in [3.8, 4) is 10.4 Å². The SMILES string of the molecule is O=C(Nc1nc(C(F)F)sc1-c1ccccc1)OC12CC[NH+](CC1)CC2. The molecule has 2 aromatic rings. The zero-order valence-electron chi connectivity index (χ0n) is 14.1. The third kappa shape index (κ3) is 3.43. The fourth-order valence-corrected chi connectivity index (χ4v) is 4.62. The molecule has 1 aromatic heterocycles. The van der Waals surface area contributed by atoms with Crippen molar-refractivity contribution in [3.05, 3.63) is 35.3 Å². The molecule has 5 nitrogen and oxygen atoms in total. The summed E-state index contributed by atoms with van der Waals surface area (Å²) in [5.74, 6) is 0.136. The molecule has 0 spiro atoms. The largest absolute Gasteiger partial charge is 0.442 e. The normalized spacial score (nSPS) is 24.7. The number of nitrogens with one attached hydrogen (secondary N) is 2. The van der Waals surface area contributed by atoms with Crippen LogP contribution < -0.4 is 10.2 Å². The van der Waals surface area contributed by atoms with E-state index in [1.54, 1.807) is 17.0 Å². The molecule has 3 fully saturated rings. The maximum Gasteiger partial charge on any atom is 0.413 e. The first-order valence-electron chi connectivity index (χ1n) is 8.72. The molecule has 3 aliphatic heterocycles. The fourth-order valence-electron chi connectivity index (χ4n) is 3.74. The van der Waals surface area contributed by atoms with Crippen LogP contribution in [0.3, 0.4) is 0 Å². The van der Waals surface area contributed by atoms with Gasteiger partial charge in [-0.05, 0) is 5.56 Å². The van der Waals surface area contributed by atoms with E-state index in [9.17, 15) is 13.6 Å². The Labute approximate surface area is 154 Å². The van der Waals surface area contributed by atoms with Crippen LogP contribution in [-0.2, 0) is 4.74 Å². The second-order valence-electron chi connectivity index (χ2n) is 6.84. The van der Waals surface area contributed by atoms with E-state index >= 15 is 0 Å². The third-order valence-corrected chi connectivity index (χ3v) is 6.31. The number of amides is 1. The third-order valence-electron chi connectivity index (χ3n) is 5.20. The average Bonchev–Trinajstić information content (AvgIpc) is 3.07. The number of hydrogen-bond acceptors (Lipinski definition) is 4. The minimum absolute atomic E-state index is 0.136. The summed E-state index contributed by atoms with van der Waals surface area (Å²) in [7, 11) is 0. The van der Waals surface area contributed by atoms with Crippen molar-refractivity contribution < 1.29 is 23.2 Å². The minimum atomic E-state index is -2.68. The highest BCUT2D eigenvalue weighted by Gasteiger charge is 2.45. The van der Waals surface area contributed by atoms with Crippen molar-refractivity contribution in [2.75, 3.05) is 25.0 Å². The Bertz CT molecular complexity index is 775. The molecule has 3 saturated heterocycles. The van der Waals surface area contributed by atoms with Crippen LogP contribution in [0.1, 0.15) is 30.7 Å². The maximum absolute atomic E-state index is 13.1. The van der Waals surface area contributed by atoms with Crippen molar-refractivity contribution in [3.63, 3.8) is 0 Å². The molecule has 8 heteroatoms. The predicted molar refractivity (Wildman–Crippen MR) is 94.8 cm³/mol. The second-order valence-corrected chi connectivity index (χ2v) is 7.87. The molecule has 2 N–H and O–H groups in total. The van der Waals surface area contributed by atoms with Crippen LogP contribution in [0.25, 0.3) is 10.4 Å². The Morgan fingerprint density at radius 2 is 1.85 bits per heavy atom. The Morgan fingerprint density at radius 1 is 1.19 bits per heavy atom. The zero-order chi connectivity index (χ0) is 18.1. The number of anilines is 1. The number of quaternary nitrogens is 1. The molecule has 0 saturated carbocycles. The Balaban J connectivity index is 1.54. The summed E-state index contributed by atoms with van der Waals surface area (Å²) in [6.07, 6.45) is -0.751. The van der Waals surface area contributed by atoms with Gasteiger partial charge >= 0.3 is 6.09 Å². The summed E-state index contributed by atoms with van der Waals surface area (Å²) >= 11 is 0.887. The zero-order valence-corrected chi connectivity index (χ0v) is 15.0. The number of benzene rings is 1. The Hall–Kier alpha value is -2.06. The molecular formula is C18H20F2N3O2S+. The topological polar surface area (TPSA) is 55.7 Å². The van der Waals surface area contributed by atoms with Crippen LogP contribution in [0, 0.1) is 0 Å². The van der Waals surface area contributed by atoms with E-state index in [1.807, 2.05) is 18.2 Å². The number of thiazole rings is 1. The highest BCUT2D eigenvalue weighted by atomic mass is 32.1. The number of rotatable bonds is 4. The lowest BCUT2D eigenvalue weighted by atomic mass is 9.83. The van der Waals surface area contributed by atoms with Gasteiger partial charge in [-0.2, -0.15) is 0 Å². The van der Waals surface area contributed by atoms with Crippen molar-refractivity contribution in [2.24, 2.45) is 0 Å². The summed E-state index contributed by atoms with van der Waals surface area (Å²) in [4.78, 5) is 18.5. The average molecular weight is 380 g/mol. The van der Waals surface area contributed by atoms with Gasteiger partial charge in [-0.15, -0.1) is 11.3 Å². The van der Waals surface area contributed by atoms with Gasteiger partial charge in [-0.3, -0.25) is 5.32 Å². The highest BCUT2D eigenvalue weighted by molar-refractivity contribution is 7.15. The molecule has 0 unspecified atom stereocenters. The number of carbonyl (C=O) groups is 1. The lowest BCUT2D eigenvalue weighted by molar-refractivity contribution is -0.918. The van der Waals surface area contributed by atoms with Crippen LogP contribution in [0.2, 0.25) is 0 Å². The van der Waals surface area contributed by atoms with E-state index in [4.69, 9.17) is 4.74 Å². The maximum atomic E-state index is 13.1. The summed E-state index contributed by atoms with van der Waals surface area (Å²) in [6.45, 7) is 3.03. The second kappa shape index (κ2) is 6.92. The van der Waals surface area contributed by atoms with Gasteiger partial charge in [0.1, 0.15) is 5.60 Å². The number of carbonyl (C=O) groups excluding carboxylic acids is 1. The van der Waals surface area contributed by atoms with E-state index in [-0.39, 0.29) is 10.8 Å². The van der Waals surface area contributed by atoms with Gasteiger partial charge in [0, 0.05) is 19.3 Å². The van der Waals surface area contributed by atoms with Gasteiger partial charge in [0.25, 0.3) is 6.43 Å². The monoisotopic (exact) mass is 380 g/mol. The van der Waals surface area contributed by atoms with Crippen LogP contribution in [0.5, 0.6) is 0 Å². The first-order valence-corrected chi connectivity index (χ1v) is 9.54. The molecule has 4 heterocycles. The van der Waals surface area contributed by atoms with E-state index in [2.05, 4.69) is 10.3 Å². The van der Waals surface area contributed by atoms with Gasteiger partial charge in [0.05, 0.1) is 24.5 Å². The molecule has 1 aromatic carbocycles. The van der Waals surface area contributed by atoms with E-state index in [0.717, 1.165) is 55.8 Å².